The second-order valence-electron chi connectivity index (χ2n) is 13.9. The van der Waals surface area contributed by atoms with E-state index < -0.39 is 88.8 Å². The Balaban J connectivity index is 0.000000414. The molecule has 3 aliphatic rings. The van der Waals surface area contributed by atoms with Crippen molar-refractivity contribution < 1.29 is 44.6 Å². The van der Waals surface area contributed by atoms with E-state index in [0.29, 0.717) is 17.9 Å². The van der Waals surface area contributed by atoms with Gasteiger partial charge in [0.2, 0.25) is 6.43 Å². The first kappa shape index (κ1) is 39.0. The molecular formula is C37H34F8N8O2S. The molecule has 3 atom stereocenters. The van der Waals surface area contributed by atoms with Crippen LogP contribution in [0.15, 0.2) is 30.5 Å². The normalized spacial score (nSPS) is 20.0. The number of nitriles is 1. The van der Waals surface area contributed by atoms with Gasteiger partial charge in [0.15, 0.2) is 5.82 Å². The number of hydrogen-bond acceptors (Lipinski definition) is 11. The van der Waals surface area contributed by atoms with Gasteiger partial charge in [0.25, 0.3) is 0 Å². The zero-order chi connectivity index (χ0) is 40.3. The molecule has 2 fully saturated rings. The maximum absolute atomic E-state index is 16.8. The molecule has 6 heterocycles. The van der Waals surface area contributed by atoms with Gasteiger partial charge in [-0.1, -0.05) is 12.1 Å². The van der Waals surface area contributed by atoms with E-state index >= 15 is 17.6 Å². The summed E-state index contributed by atoms with van der Waals surface area (Å²) < 4.78 is 128. The maximum atomic E-state index is 16.8. The minimum atomic E-state index is -5.31. The molecule has 0 aliphatic carbocycles. The van der Waals surface area contributed by atoms with Crippen LogP contribution in [0.4, 0.5) is 51.8 Å². The van der Waals surface area contributed by atoms with Crippen LogP contribution in [0.2, 0.25) is 0 Å². The Morgan fingerprint density at radius 1 is 1.14 bits per heavy atom. The van der Waals surface area contributed by atoms with E-state index in [0.717, 1.165) is 32.2 Å². The van der Waals surface area contributed by atoms with E-state index in [-0.39, 0.29) is 49.9 Å². The molecule has 0 spiro atoms. The summed E-state index contributed by atoms with van der Waals surface area (Å²) in [5.74, 6) is -3.82. The van der Waals surface area contributed by atoms with Crippen molar-refractivity contribution in [1.29, 1.82) is 5.26 Å². The first-order valence-corrected chi connectivity index (χ1v) is 18.3. The van der Waals surface area contributed by atoms with Gasteiger partial charge in [-0.3, -0.25) is 4.90 Å². The second kappa shape index (κ2) is 14.7. The van der Waals surface area contributed by atoms with Crippen molar-refractivity contribution in [2.45, 2.75) is 63.0 Å². The number of nitrogen functional groups attached to an aromatic ring is 2. The van der Waals surface area contributed by atoms with E-state index in [1.54, 1.807) is 6.07 Å². The largest absolute Gasteiger partial charge is 0.490 e. The van der Waals surface area contributed by atoms with Gasteiger partial charge in [0.05, 0.1) is 35.3 Å². The van der Waals surface area contributed by atoms with Crippen molar-refractivity contribution in [3.05, 3.63) is 58.8 Å². The second-order valence-corrected chi connectivity index (χ2v) is 15.0. The number of fused-ring (bicyclic) bond motifs is 2. The summed E-state index contributed by atoms with van der Waals surface area (Å²) in [7, 11) is 1.13. The molecule has 3 aromatic heterocycles. The predicted octanol–water partition coefficient (Wildman–Crippen LogP) is 8.43. The van der Waals surface area contributed by atoms with Crippen molar-refractivity contribution in [2.24, 2.45) is 0 Å². The lowest BCUT2D eigenvalue weighted by molar-refractivity contribution is -0.138. The third-order valence-corrected chi connectivity index (χ3v) is 11.5. The number of halogens is 8. The predicted molar refractivity (Wildman–Crippen MR) is 195 cm³/mol. The highest BCUT2D eigenvalue weighted by molar-refractivity contribution is 7.23. The number of thiophene rings is 1. The number of benzene rings is 2. The minimum absolute atomic E-state index is 0.114. The number of hydrogen-bond donors (Lipinski definition) is 2. The van der Waals surface area contributed by atoms with Crippen LogP contribution in [-0.4, -0.2) is 71.3 Å². The van der Waals surface area contributed by atoms with Gasteiger partial charge in [-0.05, 0) is 50.4 Å². The van der Waals surface area contributed by atoms with Gasteiger partial charge in [-0.15, -0.1) is 11.3 Å². The lowest BCUT2D eigenvalue weighted by atomic mass is 9.91. The number of alkyl halides is 6. The van der Waals surface area contributed by atoms with Gasteiger partial charge in [-0.25, -0.2) is 26.9 Å². The molecule has 8 rings (SSSR count). The van der Waals surface area contributed by atoms with E-state index in [1.165, 1.54) is 36.1 Å². The van der Waals surface area contributed by atoms with Gasteiger partial charge in [-0.2, -0.15) is 28.4 Å². The van der Waals surface area contributed by atoms with Gasteiger partial charge < -0.3 is 25.8 Å². The number of rotatable bonds is 6. The summed E-state index contributed by atoms with van der Waals surface area (Å²) in [5, 5.41) is 8.66. The number of ether oxygens (including phenoxy) is 2. The fourth-order valence-electron chi connectivity index (χ4n) is 8.10. The molecule has 2 aromatic carbocycles. The lowest BCUT2D eigenvalue weighted by Crippen LogP contribution is -2.34. The SMILES string of the molecule is COc1nc2c3c(c(C(F)(F)F)c(-c4ccc(F)c5sc(N)c(C#N)c45)c(F)c3n1)OCCN2[C@H](CC(F)F)c1cccnc1N.C[C@@]12CCCN1CC(F)C2. The smallest absolute Gasteiger partial charge is 0.420 e. The van der Waals surface area contributed by atoms with Crippen molar-refractivity contribution in [3.63, 3.8) is 0 Å². The fourth-order valence-corrected chi connectivity index (χ4v) is 9.05. The van der Waals surface area contributed by atoms with Gasteiger partial charge >= 0.3 is 12.2 Å². The zero-order valence-electron chi connectivity index (χ0n) is 29.9. The van der Waals surface area contributed by atoms with Crippen LogP contribution in [0, 0.1) is 23.0 Å². The Hall–Kier alpha value is -5.22. The number of aromatic nitrogens is 3. The molecular weight excluding hydrogens is 773 g/mol. The van der Waals surface area contributed by atoms with Crippen LogP contribution in [0.3, 0.4) is 0 Å². The third-order valence-electron chi connectivity index (χ3n) is 10.5. The summed E-state index contributed by atoms with van der Waals surface area (Å²) in [6.45, 7) is 3.20. The number of methoxy groups -OCH3 is 1. The first-order chi connectivity index (χ1) is 26.6. The highest BCUT2D eigenvalue weighted by atomic mass is 32.1. The van der Waals surface area contributed by atoms with Crippen LogP contribution in [0.25, 0.3) is 32.1 Å². The molecule has 0 bridgehead atoms. The van der Waals surface area contributed by atoms with Crippen LogP contribution in [0.1, 0.15) is 55.3 Å². The van der Waals surface area contributed by atoms with Crippen LogP contribution >= 0.6 is 11.3 Å². The van der Waals surface area contributed by atoms with E-state index in [4.69, 9.17) is 20.9 Å². The molecule has 0 saturated carbocycles. The topological polar surface area (TPSA) is 139 Å². The molecule has 0 amide bonds. The molecule has 2 saturated heterocycles. The Morgan fingerprint density at radius 2 is 1.91 bits per heavy atom. The standard InChI is InChI=1S/C29H20F7N7O2S.C8H14FN/c1-44-28-41-22-19-23(45-8-7-43(27(19)42-28)15(9-16(31)32)11-3-2-6-40-25(11)38)20(29(34,35)36)18(21(22)33)12-4-5-14(30)24-17(12)13(10-37)26(39)46-24;1-8-3-2-4-10(8)6-7(9)5-8/h2-6,15-16H,7-9,39H2,1H3,(H2,38,40);7H,2-6H2,1H3/t15-;7?,8-/m10/s1. The van der Waals surface area contributed by atoms with Crippen molar-refractivity contribution in [3.8, 4) is 29.0 Å². The molecule has 5 aromatic rings. The molecule has 296 valence electrons. The molecule has 19 heteroatoms. The number of anilines is 3. The molecule has 10 nitrogen and oxygen atoms in total. The van der Waals surface area contributed by atoms with E-state index in [1.807, 2.05) is 0 Å². The summed E-state index contributed by atoms with van der Waals surface area (Å²) >= 11 is 0.618. The summed E-state index contributed by atoms with van der Waals surface area (Å²) in [6.07, 6.45) is -5.05. The molecule has 1 unspecified atom stereocenters. The summed E-state index contributed by atoms with van der Waals surface area (Å²) in [5.41, 5.74) is 8.03. The average molecular weight is 807 g/mol. The van der Waals surface area contributed by atoms with E-state index in [9.17, 15) is 22.8 Å². The van der Waals surface area contributed by atoms with Crippen molar-refractivity contribution in [1.82, 2.24) is 19.9 Å². The Kier molecular flexibility index (Phi) is 10.2. The molecule has 3 aliphatic heterocycles. The Bertz CT molecular complexity index is 2370. The fraction of sp³-hybridized carbons (Fsp3) is 0.405. The van der Waals surface area contributed by atoms with Gasteiger partial charge in [0.1, 0.15) is 58.1 Å². The van der Waals surface area contributed by atoms with Crippen LogP contribution < -0.4 is 25.8 Å². The number of nitrogens with two attached hydrogens (primary N) is 2. The highest BCUT2D eigenvalue weighted by Crippen LogP contribution is 2.54. The van der Waals surface area contributed by atoms with Crippen LogP contribution in [0.5, 0.6) is 11.8 Å². The minimum Gasteiger partial charge on any atom is -0.490 e. The number of nitrogens with zero attached hydrogens (tertiary/aromatic N) is 6. The quantitative estimate of drug-likeness (QED) is 0.161. The third kappa shape index (κ3) is 6.71. The maximum Gasteiger partial charge on any atom is 0.420 e. The average Bonchev–Trinajstić information content (AvgIpc) is 3.72. The monoisotopic (exact) mass is 806 g/mol. The van der Waals surface area contributed by atoms with Crippen molar-refractivity contribution in [2.75, 3.05) is 49.7 Å². The molecule has 4 N–H and O–H groups in total. The van der Waals surface area contributed by atoms with Crippen LogP contribution in [-0.2, 0) is 6.18 Å². The number of pyridine rings is 1. The molecule has 0 radical (unpaired) electrons. The Labute approximate surface area is 318 Å². The lowest BCUT2D eigenvalue weighted by Gasteiger charge is -2.32. The summed E-state index contributed by atoms with van der Waals surface area (Å²) in [4.78, 5) is 15.7. The van der Waals surface area contributed by atoms with E-state index in [2.05, 4.69) is 26.8 Å². The highest BCUT2D eigenvalue weighted by Gasteiger charge is 2.46. The zero-order valence-corrected chi connectivity index (χ0v) is 30.7. The molecule has 56 heavy (non-hydrogen) atoms. The first-order valence-electron chi connectivity index (χ1n) is 17.4. The summed E-state index contributed by atoms with van der Waals surface area (Å²) in [6, 6.07) is 4.58. The van der Waals surface area contributed by atoms with Gasteiger partial charge in [0, 0.05) is 41.2 Å². The Morgan fingerprint density at radius 3 is 2.57 bits per heavy atom. The van der Waals surface area contributed by atoms with Crippen molar-refractivity contribution >= 4 is 49.0 Å².